The Morgan fingerprint density at radius 1 is 1.22 bits per heavy atom. The predicted molar refractivity (Wildman–Crippen MR) is 113 cm³/mol. The van der Waals surface area contributed by atoms with Gasteiger partial charge in [-0.3, -0.25) is 10.2 Å². The Bertz CT molecular complexity index is 882. The zero-order valence-corrected chi connectivity index (χ0v) is 16.2. The van der Waals surface area contributed by atoms with Crippen LogP contribution in [0.2, 0.25) is 0 Å². The Kier molecular flexibility index (Phi) is 6.03. The lowest BCUT2D eigenvalue weighted by molar-refractivity contribution is -0.117. The van der Waals surface area contributed by atoms with Crippen molar-refractivity contribution in [2.24, 2.45) is 5.10 Å². The first kappa shape index (κ1) is 18.8. The number of amides is 1. The summed E-state index contributed by atoms with van der Waals surface area (Å²) in [4.78, 5) is 13.8. The van der Waals surface area contributed by atoms with Crippen LogP contribution < -0.4 is 20.4 Å². The highest BCUT2D eigenvalue weighted by Crippen LogP contribution is 2.23. The number of ether oxygens (including phenoxy) is 1. The van der Waals surface area contributed by atoms with Crippen molar-refractivity contribution in [2.75, 3.05) is 23.9 Å². The first-order valence-corrected chi connectivity index (χ1v) is 9.14. The summed E-state index contributed by atoms with van der Waals surface area (Å²) < 4.78 is 5.29. The second-order valence-electron chi connectivity index (χ2n) is 6.16. The van der Waals surface area contributed by atoms with Crippen LogP contribution in [-0.4, -0.2) is 30.4 Å². The molecule has 2 aromatic carbocycles. The Morgan fingerprint density at radius 3 is 2.78 bits per heavy atom. The van der Waals surface area contributed by atoms with E-state index in [4.69, 9.17) is 17.0 Å². The first-order valence-electron chi connectivity index (χ1n) is 8.73. The molecule has 0 atom stereocenters. The number of anilines is 2. The molecule has 1 heterocycles. The fourth-order valence-corrected chi connectivity index (χ4v) is 3.07. The molecule has 0 aliphatic carbocycles. The molecule has 1 aliphatic rings. The Labute approximate surface area is 164 Å². The van der Waals surface area contributed by atoms with E-state index in [9.17, 15) is 4.79 Å². The number of rotatable bonds is 5. The van der Waals surface area contributed by atoms with Crippen LogP contribution >= 0.6 is 12.2 Å². The normalized spacial score (nSPS) is 14.2. The zero-order chi connectivity index (χ0) is 19.2. The quantitative estimate of drug-likeness (QED) is 0.470. The molecule has 140 valence electrons. The van der Waals surface area contributed by atoms with Gasteiger partial charge >= 0.3 is 0 Å². The van der Waals surface area contributed by atoms with Crippen LogP contribution in [0.25, 0.3) is 0 Å². The van der Waals surface area contributed by atoms with Gasteiger partial charge in [-0.15, -0.1) is 0 Å². The van der Waals surface area contributed by atoms with E-state index in [0.717, 1.165) is 35.6 Å². The number of hydrazone groups is 1. The number of nitrogens with one attached hydrogen (secondary N) is 2. The molecule has 0 spiro atoms. The van der Waals surface area contributed by atoms with Crippen LogP contribution in [0.4, 0.5) is 11.4 Å². The molecule has 6 nitrogen and oxygen atoms in total. The summed E-state index contributed by atoms with van der Waals surface area (Å²) in [6.07, 6.45) is 1.52. The van der Waals surface area contributed by atoms with E-state index in [1.165, 1.54) is 0 Å². The number of para-hydroxylation sites is 2. The smallest absolute Gasteiger partial charge is 0.227 e. The van der Waals surface area contributed by atoms with E-state index >= 15 is 0 Å². The topological polar surface area (TPSA) is 66.0 Å². The van der Waals surface area contributed by atoms with Crippen molar-refractivity contribution in [2.45, 2.75) is 19.8 Å². The highest BCUT2D eigenvalue weighted by atomic mass is 32.1. The lowest BCUT2D eigenvalue weighted by Gasteiger charge is -2.16. The fourth-order valence-electron chi connectivity index (χ4n) is 2.92. The third-order valence-electron chi connectivity index (χ3n) is 4.33. The van der Waals surface area contributed by atoms with Crippen molar-refractivity contribution in [3.63, 3.8) is 0 Å². The Balaban J connectivity index is 1.67. The van der Waals surface area contributed by atoms with E-state index in [2.05, 4.69) is 15.8 Å². The molecular formula is C20H22N4O2S. The monoisotopic (exact) mass is 382 g/mol. The van der Waals surface area contributed by atoms with Gasteiger partial charge in [-0.25, -0.2) is 0 Å². The van der Waals surface area contributed by atoms with E-state index in [1.54, 1.807) is 7.11 Å². The lowest BCUT2D eigenvalue weighted by Crippen LogP contribution is -2.25. The van der Waals surface area contributed by atoms with Gasteiger partial charge in [0.1, 0.15) is 5.75 Å². The van der Waals surface area contributed by atoms with Crippen LogP contribution in [0, 0.1) is 0 Å². The summed E-state index contributed by atoms with van der Waals surface area (Å²) in [6, 6.07) is 15.3. The van der Waals surface area contributed by atoms with Crippen LogP contribution in [0.15, 0.2) is 53.6 Å². The van der Waals surface area contributed by atoms with Gasteiger partial charge in [0.05, 0.1) is 18.5 Å². The average Bonchev–Trinajstić information content (AvgIpc) is 3.12. The SMILES string of the molecule is COc1ccccc1NC(=S)N/N=C(/C)c1cccc(N2CCCC2=O)c1. The number of thiocarbonyl (C=S) groups is 1. The van der Waals surface area contributed by atoms with Crippen molar-refractivity contribution >= 4 is 40.3 Å². The molecule has 1 amide bonds. The van der Waals surface area contributed by atoms with Crippen molar-refractivity contribution in [1.82, 2.24) is 5.43 Å². The molecule has 0 unspecified atom stereocenters. The van der Waals surface area contributed by atoms with Gasteiger partial charge in [0.2, 0.25) is 5.91 Å². The highest BCUT2D eigenvalue weighted by molar-refractivity contribution is 7.80. The number of hydrogen-bond acceptors (Lipinski definition) is 4. The third-order valence-corrected chi connectivity index (χ3v) is 4.52. The Morgan fingerprint density at radius 2 is 2.04 bits per heavy atom. The molecule has 3 rings (SSSR count). The van der Waals surface area contributed by atoms with Crippen molar-refractivity contribution in [1.29, 1.82) is 0 Å². The average molecular weight is 382 g/mol. The lowest BCUT2D eigenvalue weighted by atomic mass is 10.1. The van der Waals surface area contributed by atoms with E-state index in [-0.39, 0.29) is 5.91 Å². The van der Waals surface area contributed by atoms with Gasteiger partial charge in [-0.1, -0.05) is 24.3 Å². The second-order valence-corrected chi connectivity index (χ2v) is 6.57. The molecule has 1 aliphatic heterocycles. The number of carbonyl (C=O) groups excluding carboxylic acids is 1. The molecule has 0 radical (unpaired) electrons. The molecule has 0 saturated carbocycles. The summed E-state index contributed by atoms with van der Waals surface area (Å²) in [5, 5.41) is 7.78. The molecule has 0 aromatic heterocycles. The summed E-state index contributed by atoms with van der Waals surface area (Å²) in [7, 11) is 1.61. The molecular weight excluding hydrogens is 360 g/mol. The molecule has 1 saturated heterocycles. The van der Waals surface area contributed by atoms with Gasteiger partial charge in [-0.05, 0) is 55.4 Å². The van der Waals surface area contributed by atoms with Gasteiger partial charge in [0.25, 0.3) is 0 Å². The maximum Gasteiger partial charge on any atom is 0.227 e. The second kappa shape index (κ2) is 8.64. The number of methoxy groups -OCH3 is 1. The van der Waals surface area contributed by atoms with Crippen LogP contribution in [-0.2, 0) is 4.79 Å². The number of benzene rings is 2. The van der Waals surface area contributed by atoms with Crippen molar-refractivity contribution < 1.29 is 9.53 Å². The minimum absolute atomic E-state index is 0.169. The van der Waals surface area contributed by atoms with Gasteiger partial charge in [-0.2, -0.15) is 5.10 Å². The molecule has 1 fully saturated rings. The maximum absolute atomic E-state index is 11.9. The molecule has 27 heavy (non-hydrogen) atoms. The largest absolute Gasteiger partial charge is 0.495 e. The van der Waals surface area contributed by atoms with Gasteiger partial charge in [0.15, 0.2) is 5.11 Å². The van der Waals surface area contributed by atoms with Gasteiger partial charge in [0, 0.05) is 18.7 Å². The number of hydrogen-bond donors (Lipinski definition) is 2. The standard InChI is InChI=1S/C20H22N4O2S/c1-14(15-7-5-8-16(13-15)24-12-6-11-19(24)25)22-23-20(27)21-17-9-3-4-10-18(17)26-2/h3-5,7-10,13H,6,11-12H2,1-2H3,(H2,21,23,27)/b22-14-. The molecule has 7 heteroatoms. The predicted octanol–water partition coefficient (Wildman–Crippen LogP) is 3.53. The zero-order valence-electron chi connectivity index (χ0n) is 15.4. The van der Waals surface area contributed by atoms with E-state index in [0.29, 0.717) is 17.3 Å². The van der Waals surface area contributed by atoms with Crippen LogP contribution in [0.1, 0.15) is 25.3 Å². The summed E-state index contributed by atoms with van der Waals surface area (Å²) in [5.74, 6) is 0.868. The minimum Gasteiger partial charge on any atom is -0.495 e. The van der Waals surface area contributed by atoms with Crippen molar-refractivity contribution in [3.05, 3.63) is 54.1 Å². The fraction of sp³-hybridized carbons (Fsp3) is 0.250. The number of nitrogens with zero attached hydrogens (tertiary/aromatic N) is 2. The van der Waals surface area contributed by atoms with E-state index < -0.39 is 0 Å². The highest BCUT2D eigenvalue weighted by Gasteiger charge is 2.21. The molecule has 0 bridgehead atoms. The van der Waals surface area contributed by atoms with Crippen LogP contribution in [0.3, 0.4) is 0 Å². The van der Waals surface area contributed by atoms with E-state index in [1.807, 2.05) is 60.4 Å². The summed E-state index contributed by atoms with van der Waals surface area (Å²) in [6.45, 7) is 2.66. The maximum atomic E-state index is 11.9. The number of carbonyl (C=O) groups is 1. The minimum atomic E-state index is 0.169. The van der Waals surface area contributed by atoms with Crippen LogP contribution in [0.5, 0.6) is 5.75 Å². The van der Waals surface area contributed by atoms with Crippen molar-refractivity contribution in [3.8, 4) is 5.75 Å². The van der Waals surface area contributed by atoms with Gasteiger partial charge < -0.3 is 15.0 Å². The summed E-state index contributed by atoms with van der Waals surface area (Å²) >= 11 is 5.30. The Hall–Kier alpha value is -2.93. The molecule has 2 N–H and O–H groups in total. The molecule has 2 aromatic rings. The third kappa shape index (κ3) is 4.62. The summed E-state index contributed by atoms with van der Waals surface area (Å²) in [5.41, 5.74) is 6.22. The first-order chi connectivity index (χ1) is 13.1.